The Kier molecular flexibility index (Phi) is 3.69. The van der Waals surface area contributed by atoms with Gasteiger partial charge >= 0.3 is 6.09 Å². The molecule has 0 aromatic carbocycles. The number of hydrogen-bond acceptors (Lipinski definition) is 3. The van der Waals surface area contributed by atoms with Crippen LogP contribution < -0.4 is 5.32 Å². The van der Waals surface area contributed by atoms with E-state index >= 15 is 0 Å². The average molecular weight is 293 g/mol. The first kappa shape index (κ1) is 14.1. The van der Waals surface area contributed by atoms with Crippen LogP contribution in [0.2, 0.25) is 0 Å². The number of fused-ring (bicyclic) bond motifs is 1. The van der Waals surface area contributed by atoms with Gasteiger partial charge in [0, 0.05) is 25.2 Å². The number of carbonyl (C=O) groups is 1. The second-order valence-electron chi connectivity index (χ2n) is 5.95. The smallest absolute Gasteiger partial charge is 0.407 e. The highest BCUT2D eigenvalue weighted by Crippen LogP contribution is 2.30. The molecule has 5 nitrogen and oxygen atoms in total. The minimum absolute atomic E-state index is 0.0223. The van der Waals surface area contributed by atoms with E-state index in [4.69, 9.17) is 5.11 Å². The van der Waals surface area contributed by atoms with E-state index in [1.54, 1.807) is 0 Å². The Morgan fingerprint density at radius 3 is 3.14 bits per heavy atom. The molecule has 1 atom stereocenters. The van der Waals surface area contributed by atoms with Crippen molar-refractivity contribution in [2.45, 2.75) is 37.8 Å². The number of amides is 1. The van der Waals surface area contributed by atoms with Crippen LogP contribution in [0.1, 0.15) is 30.5 Å². The molecule has 1 aromatic rings. The van der Waals surface area contributed by atoms with Gasteiger partial charge in [0.1, 0.15) is 11.5 Å². The molecule has 114 valence electrons. The van der Waals surface area contributed by atoms with E-state index in [1.165, 1.54) is 5.56 Å². The summed E-state index contributed by atoms with van der Waals surface area (Å²) in [6.45, 7) is 1.20. The predicted molar refractivity (Wildman–Crippen MR) is 77.4 cm³/mol. The molecule has 21 heavy (non-hydrogen) atoms. The van der Waals surface area contributed by atoms with Crippen LogP contribution in [-0.4, -0.2) is 46.4 Å². The molecule has 0 aliphatic carbocycles. The number of pyridine rings is 1. The minimum Gasteiger partial charge on any atom is -0.465 e. The highest BCUT2D eigenvalue weighted by Gasteiger charge is 2.39. The molecule has 2 aliphatic rings. The predicted octanol–water partition coefficient (Wildman–Crippen LogP) is 2.46. The molecule has 3 heterocycles. The van der Waals surface area contributed by atoms with Gasteiger partial charge in [-0.3, -0.25) is 0 Å². The summed E-state index contributed by atoms with van der Waals surface area (Å²) in [6.07, 6.45) is 2.26. The molecule has 1 saturated heterocycles. The number of likely N-dealkylation sites (tertiary alicyclic amines) is 1. The highest BCUT2D eigenvalue weighted by molar-refractivity contribution is 5.65. The van der Waals surface area contributed by atoms with Crippen molar-refractivity contribution in [3.05, 3.63) is 23.4 Å². The van der Waals surface area contributed by atoms with E-state index in [2.05, 4.69) is 16.4 Å². The molecule has 0 radical (unpaired) electrons. The Bertz CT molecular complexity index is 552. The summed E-state index contributed by atoms with van der Waals surface area (Å²) < 4.78 is 14.6. The van der Waals surface area contributed by atoms with Crippen LogP contribution in [0.15, 0.2) is 12.1 Å². The van der Waals surface area contributed by atoms with Gasteiger partial charge in [-0.1, -0.05) is 6.07 Å². The van der Waals surface area contributed by atoms with E-state index in [0.29, 0.717) is 12.8 Å². The molecule has 1 unspecified atom stereocenters. The zero-order chi connectivity index (χ0) is 14.9. The first-order valence-electron chi connectivity index (χ1n) is 7.45. The Morgan fingerprint density at radius 2 is 2.38 bits per heavy atom. The third kappa shape index (κ3) is 3.09. The van der Waals surface area contributed by atoms with E-state index in [9.17, 15) is 9.18 Å². The van der Waals surface area contributed by atoms with Crippen LogP contribution in [-0.2, 0) is 12.8 Å². The summed E-state index contributed by atoms with van der Waals surface area (Å²) in [5.74, 6) is 0.922. The SMILES string of the molecule is O=C(O)N1CCC(F)(CCc2ccc3c(n2)NCCC3)C1. The van der Waals surface area contributed by atoms with E-state index in [0.717, 1.165) is 35.8 Å². The minimum atomic E-state index is -1.41. The van der Waals surface area contributed by atoms with Crippen LogP contribution in [0.5, 0.6) is 0 Å². The summed E-state index contributed by atoms with van der Waals surface area (Å²) in [6, 6.07) is 4.02. The molecule has 1 aromatic heterocycles. The maximum atomic E-state index is 14.6. The number of aryl methyl sites for hydroxylation is 2. The number of aromatic nitrogens is 1. The number of alkyl halides is 1. The summed E-state index contributed by atoms with van der Waals surface area (Å²) in [5.41, 5.74) is 0.676. The van der Waals surface area contributed by atoms with Crippen molar-refractivity contribution in [1.82, 2.24) is 9.88 Å². The maximum Gasteiger partial charge on any atom is 0.407 e. The van der Waals surface area contributed by atoms with Gasteiger partial charge in [0.15, 0.2) is 0 Å². The molecule has 0 saturated carbocycles. The van der Waals surface area contributed by atoms with E-state index in [1.807, 2.05) is 6.07 Å². The number of nitrogens with zero attached hydrogens (tertiary/aromatic N) is 2. The lowest BCUT2D eigenvalue weighted by atomic mass is 9.97. The largest absolute Gasteiger partial charge is 0.465 e. The number of halogens is 1. The summed E-state index contributed by atoms with van der Waals surface area (Å²) in [4.78, 5) is 16.6. The van der Waals surface area contributed by atoms with Gasteiger partial charge in [0.05, 0.1) is 6.54 Å². The molecule has 3 rings (SSSR count). The quantitative estimate of drug-likeness (QED) is 0.898. The number of hydrogen-bond donors (Lipinski definition) is 2. The zero-order valence-electron chi connectivity index (χ0n) is 11.9. The average Bonchev–Trinajstić information content (AvgIpc) is 2.88. The number of carboxylic acid groups (broad SMARTS) is 1. The lowest BCUT2D eigenvalue weighted by molar-refractivity contribution is 0.129. The van der Waals surface area contributed by atoms with Crippen LogP contribution in [0.25, 0.3) is 0 Å². The molecule has 0 spiro atoms. The van der Waals surface area contributed by atoms with Crippen molar-refractivity contribution in [3.8, 4) is 0 Å². The first-order valence-corrected chi connectivity index (χ1v) is 7.45. The molecular formula is C15H20FN3O2. The fourth-order valence-electron chi connectivity index (χ4n) is 3.06. The standard InChI is InChI=1S/C15H20FN3O2/c16-15(7-9-19(10-15)14(20)21)6-5-12-4-3-11-2-1-8-17-13(11)18-12/h3-4H,1-2,5-10H2,(H,17,18)(H,20,21). The van der Waals surface area contributed by atoms with Crippen LogP contribution in [0.3, 0.4) is 0 Å². The van der Waals surface area contributed by atoms with Gasteiger partial charge in [0.25, 0.3) is 0 Å². The molecule has 0 bridgehead atoms. The molecule has 6 heteroatoms. The Hall–Kier alpha value is -1.85. The number of rotatable bonds is 3. The molecule has 2 N–H and O–H groups in total. The van der Waals surface area contributed by atoms with Crippen LogP contribution >= 0.6 is 0 Å². The normalized spacial score (nSPS) is 24.5. The van der Waals surface area contributed by atoms with Gasteiger partial charge < -0.3 is 15.3 Å². The topological polar surface area (TPSA) is 65.5 Å². The second-order valence-corrected chi connectivity index (χ2v) is 5.95. The Morgan fingerprint density at radius 1 is 1.52 bits per heavy atom. The van der Waals surface area contributed by atoms with Gasteiger partial charge in [0.2, 0.25) is 0 Å². The molecule has 2 aliphatic heterocycles. The van der Waals surface area contributed by atoms with Crippen LogP contribution in [0, 0.1) is 0 Å². The Balaban J connectivity index is 1.61. The highest BCUT2D eigenvalue weighted by atomic mass is 19.1. The van der Waals surface area contributed by atoms with E-state index in [-0.39, 0.29) is 19.5 Å². The van der Waals surface area contributed by atoms with Crippen molar-refractivity contribution >= 4 is 11.9 Å². The lowest BCUT2D eigenvalue weighted by Crippen LogP contribution is -2.32. The summed E-state index contributed by atoms with van der Waals surface area (Å²) in [7, 11) is 0. The maximum absolute atomic E-state index is 14.6. The van der Waals surface area contributed by atoms with Gasteiger partial charge in [-0.15, -0.1) is 0 Å². The van der Waals surface area contributed by atoms with Crippen LogP contribution in [0.4, 0.5) is 15.0 Å². The Labute approximate surface area is 123 Å². The third-order valence-corrected chi connectivity index (χ3v) is 4.36. The van der Waals surface area contributed by atoms with Crippen molar-refractivity contribution < 1.29 is 14.3 Å². The van der Waals surface area contributed by atoms with Crippen molar-refractivity contribution in [2.24, 2.45) is 0 Å². The van der Waals surface area contributed by atoms with Gasteiger partial charge in [-0.05, 0) is 37.3 Å². The lowest BCUT2D eigenvalue weighted by Gasteiger charge is -2.20. The summed E-state index contributed by atoms with van der Waals surface area (Å²) in [5, 5.41) is 12.2. The number of nitrogens with one attached hydrogen (secondary N) is 1. The first-order chi connectivity index (χ1) is 10.1. The van der Waals surface area contributed by atoms with Crippen molar-refractivity contribution in [2.75, 3.05) is 25.0 Å². The van der Waals surface area contributed by atoms with E-state index < -0.39 is 11.8 Å². The fourth-order valence-corrected chi connectivity index (χ4v) is 3.06. The summed E-state index contributed by atoms with van der Waals surface area (Å²) >= 11 is 0. The van der Waals surface area contributed by atoms with Gasteiger partial charge in [-0.2, -0.15) is 0 Å². The fraction of sp³-hybridized carbons (Fsp3) is 0.600. The second kappa shape index (κ2) is 5.50. The monoisotopic (exact) mass is 293 g/mol. The molecule has 1 fully saturated rings. The van der Waals surface area contributed by atoms with Crippen molar-refractivity contribution in [3.63, 3.8) is 0 Å². The van der Waals surface area contributed by atoms with Gasteiger partial charge in [-0.25, -0.2) is 14.2 Å². The molecular weight excluding hydrogens is 273 g/mol. The third-order valence-electron chi connectivity index (χ3n) is 4.36. The zero-order valence-corrected chi connectivity index (χ0v) is 11.9. The van der Waals surface area contributed by atoms with Crippen molar-refractivity contribution in [1.29, 1.82) is 0 Å². The molecule has 1 amide bonds. The number of anilines is 1.